The number of hydrogen-bond donors (Lipinski definition) is 1. The molecule has 1 rings (SSSR count). The van der Waals surface area contributed by atoms with Gasteiger partial charge in [0.05, 0.1) is 13.2 Å². The van der Waals surface area contributed by atoms with Crippen molar-refractivity contribution in [2.45, 2.75) is 65.6 Å². The van der Waals surface area contributed by atoms with Crippen LogP contribution >= 0.6 is 0 Å². The molecule has 0 amide bonds. The first-order valence-electron chi connectivity index (χ1n) is 12.0. The van der Waals surface area contributed by atoms with Crippen molar-refractivity contribution in [3.05, 3.63) is 49.1 Å². The van der Waals surface area contributed by atoms with Gasteiger partial charge in [-0.25, -0.2) is 14.4 Å². The summed E-state index contributed by atoms with van der Waals surface area (Å²) in [7, 11) is 0. The highest BCUT2D eigenvalue weighted by molar-refractivity contribution is 5.91. The molecule has 8 nitrogen and oxygen atoms in total. The largest absolute Gasteiger partial charge is 0.493 e. The zero-order valence-electron chi connectivity index (χ0n) is 21.2. The Labute approximate surface area is 207 Å². The second kappa shape index (κ2) is 15.6. The topological polar surface area (TPSA) is 108 Å². The van der Waals surface area contributed by atoms with Gasteiger partial charge in [-0.15, -0.1) is 0 Å². The number of carbonyl (C=O) groups is 3. The molecule has 0 saturated carbocycles. The zero-order valence-corrected chi connectivity index (χ0v) is 21.2. The highest BCUT2D eigenvalue weighted by Crippen LogP contribution is 2.27. The molecule has 0 spiro atoms. The fraction of sp³-hybridized carbons (Fsp3) is 0.519. The predicted octanol–water partition coefficient (Wildman–Crippen LogP) is 5.21. The number of esters is 2. The van der Waals surface area contributed by atoms with Crippen molar-refractivity contribution in [3.63, 3.8) is 0 Å². The average Bonchev–Trinajstić information content (AvgIpc) is 2.84. The lowest BCUT2D eigenvalue weighted by molar-refractivity contribution is -0.146. The van der Waals surface area contributed by atoms with Crippen LogP contribution in [0.1, 0.15) is 63.7 Å². The van der Waals surface area contributed by atoms with E-state index in [1.807, 2.05) is 27.7 Å². The van der Waals surface area contributed by atoms with E-state index in [0.29, 0.717) is 38.0 Å². The Hall–Kier alpha value is -3.29. The van der Waals surface area contributed by atoms with E-state index in [4.69, 9.17) is 18.9 Å². The van der Waals surface area contributed by atoms with Gasteiger partial charge in [0.25, 0.3) is 0 Å². The van der Waals surface area contributed by atoms with Gasteiger partial charge in [0.15, 0.2) is 0 Å². The smallest absolute Gasteiger partial charge is 0.339 e. The summed E-state index contributed by atoms with van der Waals surface area (Å²) in [6.07, 6.45) is 4.28. The average molecular weight is 491 g/mol. The van der Waals surface area contributed by atoms with Gasteiger partial charge in [-0.1, -0.05) is 40.9 Å². The first kappa shape index (κ1) is 29.7. The van der Waals surface area contributed by atoms with Crippen molar-refractivity contribution in [2.75, 3.05) is 13.2 Å². The lowest BCUT2D eigenvalue weighted by Gasteiger charge is -2.23. The lowest BCUT2D eigenvalue weighted by atomic mass is 9.99. The van der Waals surface area contributed by atoms with Crippen LogP contribution in [0.2, 0.25) is 0 Å². The number of ether oxygens (including phenoxy) is 4. The normalized spacial score (nSPS) is 14.1. The van der Waals surface area contributed by atoms with Crippen molar-refractivity contribution >= 4 is 17.9 Å². The van der Waals surface area contributed by atoms with E-state index in [0.717, 1.165) is 12.2 Å². The third-order valence-corrected chi connectivity index (χ3v) is 5.80. The molecule has 0 radical (unpaired) electrons. The number of carboxylic acid groups (broad SMARTS) is 1. The minimum Gasteiger partial charge on any atom is -0.493 e. The molecule has 0 heterocycles. The summed E-state index contributed by atoms with van der Waals surface area (Å²) in [6, 6.07) is 4.59. The van der Waals surface area contributed by atoms with E-state index in [2.05, 4.69) is 13.2 Å². The molecule has 0 bridgehead atoms. The molecule has 0 aliphatic carbocycles. The molecular weight excluding hydrogens is 452 g/mol. The Balaban J connectivity index is 2.72. The Morgan fingerprint density at radius 1 is 0.886 bits per heavy atom. The van der Waals surface area contributed by atoms with Gasteiger partial charge >= 0.3 is 17.9 Å². The molecule has 0 fully saturated rings. The highest BCUT2D eigenvalue weighted by Gasteiger charge is 2.21. The molecule has 1 aromatic rings. The molecule has 1 aromatic carbocycles. The van der Waals surface area contributed by atoms with Crippen molar-refractivity contribution in [1.82, 2.24) is 0 Å². The molecule has 0 aromatic heterocycles. The number of carbonyl (C=O) groups excluding carboxylic acids is 2. The van der Waals surface area contributed by atoms with Crippen molar-refractivity contribution in [2.24, 2.45) is 11.8 Å². The Kier molecular flexibility index (Phi) is 13.2. The third kappa shape index (κ3) is 10.2. The van der Waals surface area contributed by atoms with Crippen LogP contribution in [0.4, 0.5) is 0 Å². The van der Waals surface area contributed by atoms with E-state index in [1.54, 1.807) is 12.1 Å². The van der Waals surface area contributed by atoms with Crippen LogP contribution in [0.5, 0.6) is 11.5 Å². The van der Waals surface area contributed by atoms with Gasteiger partial charge in [0.1, 0.15) is 29.3 Å². The molecule has 0 aliphatic heterocycles. The van der Waals surface area contributed by atoms with Crippen LogP contribution in [0, 0.1) is 11.8 Å². The van der Waals surface area contributed by atoms with Gasteiger partial charge < -0.3 is 24.1 Å². The maximum absolute atomic E-state index is 11.6. The maximum Gasteiger partial charge on any atom is 0.339 e. The van der Waals surface area contributed by atoms with Crippen LogP contribution in [0.25, 0.3) is 0 Å². The molecule has 1 N–H and O–H groups in total. The minimum atomic E-state index is -1.10. The van der Waals surface area contributed by atoms with Gasteiger partial charge in [-0.3, -0.25) is 0 Å². The van der Waals surface area contributed by atoms with Gasteiger partial charge in [-0.2, -0.15) is 0 Å². The van der Waals surface area contributed by atoms with E-state index in [-0.39, 0.29) is 42.0 Å². The van der Waals surface area contributed by atoms with Crippen LogP contribution in [-0.2, 0) is 19.1 Å². The van der Waals surface area contributed by atoms with Gasteiger partial charge in [0, 0.05) is 18.2 Å². The van der Waals surface area contributed by atoms with Crippen molar-refractivity contribution < 1.29 is 38.4 Å². The maximum atomic E-state index is 11.6. The van der Waals surface area contributed by atoms with Gasteiger partial charge in [-0.05, 0) is 49.7 Å². The van der Waals surface area contributed by atoms with E-state index < -0.39 is 17.9 Å². The summed E-state index contributed by atoms with van der Waals surface area (Å²) in [6.45, 7) is 15.2. The first-order chi connectivity index (χ1) is 16.7. The van der Waals surface area contributed by atoms with Crippen molar-refractivity contribution in [3.8, 4) is 11.5 Å². The fourth-order valence-corrected chi connectivity index (χ4v) is 3.58. The van der Waals surface area contributed by atoms with E-state index in [9.17, 15) is 19.5 Å². The predicted molar refractivity (Wildman–Crippen MR) is 133 cm³/mol. The highest BCUT2D eigenvalue weighted by atomic mass is 16.5. The van der Waals surface area contributed by atoms with Crippen LogP contribution in [-0.4, -0.2) is 48.4 Å². The molecule has 194 valence electrons. The number of benzene rings is 1. The fourth-order valence-electron chi connectivity index (χ4n) is 3.58. The summed E-state index contributed by atoms with van der Waals surface area (Å²) in [5.74, 6) is -1.25. The molecule has 8 heteroatoms. The molecule has 4 unspecified atom stereocenters. The summed E-state index contributed by atoms with van der Waals surface area (Å²) < 4.78 is 22.3. The molecule has 0 aliphatic rings. The number of hydrogen-bond acceptors (Lipinski definition) is 7. The lowest BCUT2D eigenvalue weighted by Crippen LogP contribution is -2.25. The quantitative estimate of drug-likeness (QED) is 0.234. The standard InChI is InChI=1S/C27H38O8/c1-7-22(34-25(28)9-3)18(5)13-15-32-20-11-12-21(27(30)31)24(17-20)33-16-14-19(6)23(8-2)35-26(29)10-4/h9-12,17-19,22-23H,3-4,7-8,13-16H2,1-2,5-6H3,(H,30,31). The van der Waals surface area contributed by atoms with Crippen molar-refractivity contribution in [1.29, 1.82) is 0 Å². The Bertz CT molecular complexity index is 863. The Morgan fingerprint density at radius 3 is 1.80 bits per heavy atom. The molecule has 35 heavy (non-hydrogen) atoms. The van der Waals surface area contributed by atoms with E-state index in [1.165, 1.54) is 6.07 Å². The molecular formula is C27H38O8. The molecule has 0 saturated heterocycles. The summed E-state index contributed by atoms with van der Waals surface area (Å²) in [4.78, 5) is 34.6. The van der Waals surface area contributed by atoms with Crippen LogP contribution < -0.4 is 9.47 Å². The Morgan fingerprint density at radius 2 is 1.37 bits per heavy atom. The zero-order chi connectivity index (χ0) is 26.4. The monoisotopic (exact) mass is 490 g/mol. The van der Waals surface area contributed by atoms with Crippen LogP contribution in [0.3, 0.4) is 0 Å². The second-order valence-corrected chi connectivity index (χ2v) is 8.37. The molecule has 4 atom stereocenters. The number of rotatable bonds is 17. The summed E-state index contributed by atoms with van der Waals surface area (Å²) in [5, 5.41) is 9.51. The third-order valence-electron chi connectivity index (χ3n) is 5.80. The number of carboxylic acids is 1. The minimum absolute atomic E-state index is 0.0137. The number of aromatic carboxylic acids is 1. The van der Waals surface area contributed by atoms with Crippen LogP contribution in [0.15, 0.2) is 43.5 Å². The SMILES string of the molecule is C=CC(=O)OC(CC)C(C)CCOc1ccc(C(=O)O)c(OCCC(C)C(CC)OC(=O)C=C)c1. The first-order valence-corrected chi connectivity index (χ1v) is 12.0. The second-order valence-electron chi connectivity index (χ2n) is 8.37. The van der Waals surface area contributed by atoms with E-state index >= 15 is 0 Å². The summed E-state index contributed by atoms with van der Waals surface area (Å²) >= 11 is 0. The summed E-state index contributed by atoms with van der Waals surface area (Å²) in [5.41, 5.74) is 0.0332. The van der Waals surface area contributed by atoms with Gasteiger partial charge in [0.2, 0.25) is 0 Å².